The van der Waals surface area contributed by atoms with E-state index < -0.39 is 5.60 Å². The molecule has 0 atom stereocenters. The van der Waals surface area contributed by atoms with Gasteiger partial charge in [-0.25, -0.2) is 9.37 Å². The number of ether oxygens (including phenoxy) is 1. The summed E-state index contributed by atoms with van der Waals surface area (Å²) in [7, 11) is 0. The topological polar surface area (TPSA) is 90.6 Å². The van der Waals surface area contributed by atoms with Gasteiger partial charge in [-0.2, -0.15) is 5.26 Å². The molecule has 1 aliphatic carbocycles. The Morgan fingerprint density at radius 2 is 2.31 bits per heavy atom. The minimum atomic E-state index is -0.774. The number of nitrogens with one attached hydrogen (secondary N) is 1. The van der Waals surface area contributed by atoms with E-state index in [4.69, 9.17) is 10.00 Å². The van der Waals surface area contributed by atoms with Crippen LogP contribution in [0.4, 0.5) is 10.2 Å². The van der Waals surface area contributed by atoms with Crippen LogP contribution in [0, 0.1) is 11.3 Å². The summed E-state index contributed by atoms with van der Waals surface area (Å²) in [5.41, 5.74) is 0.0598. The molecule has 1 amide bonds. The molecule has 0 aromatic carbocycles. The first-order valence-corrected chi connectivity index (χ1v) is 9.72. The number of nitrogens with zero attached hydrogens (tertiary/aromatic N) is 4. The Kier molecular flexibility index (Phi) is 6.73. The molecule has 2 heterocycles. The van der Waals surface area contributed by atoms with Gasteiger partial charge < -0.3 is 15.0 Å². The number of hydrogen-bond donors (Lipinski definition) is 1. The van der Waals surface area contributed by atoms with Crippen molar-refractivity contribution in [2.24, 2.45) is 4.99 Å². The van der Waals surface area contributed by atoms with Gasteiger partial charge in [0.2, 0.25) is 5.91 Å². The predicted molar refractivity (Wildman–Crippen MR) is 108 cm³/mol. The Labute approximate surface area is 169 Å². The summed E-state index contributed by atoms with van der Waals surface area (Å²) >= 11 is 0. The second-order valence-electron chi connectivity index (χ2n) is 6.93. The van der Waals surface area contributed by atoms with Crippen LogP contribution in [0.1, 0.15) is 44.6 Å². The fraction of sp³-hybridized carbons (Fsp3) is 0.429. The van der Waals surface area contributed by atoms with Gasteiger partial charge in [-0.1, -0.05) is 0 Å². The van der Waals surface area contributed by atoms with Crippen molar-refractivity contribution in [2.45, 2.75) is 44.6 Å². The van der Waals surface area contributed by atoms with Gasteiger partial charge in [0, 0.05) is 37.8 Å². The predicted octanol–water partition coefficient (Wildman–Crippen LogP) is 3.35. The molecule has 0 saturated heterocycles. The molecular formula is C21H24FN5O2. The zero-order valence-electron chi connectivity index (χ0n) is 16.4. The number of carbonyl (C=O) groups excluding carboxylic acids is 1. The summed E-state index contributed by atoms with van der Waals surface area (Å²) in [6.07, 6.45) is 9.62. The third kappa shape index (κ3) is 4.87. The van der Waals surface area contributed by atoms with Crippen molar-refractivity contribution in [3.63, 3.8) is 0 Å². The average Bonchev–Trinajstić information content (AvgIpc) is 2.72. The molecule has 2 aliphatic rings. The summed E-state index contributed by atoms with van der Waals surface area (Å²) in [6.45, 7) is 2.41. The number of allylic oxidation sites excluding steroid dienone is 1. The number of halogens is 1. The van der Waals surface area contributed by atoms with Gasteiger partial charge in [0.25, 0.3) is 0 Å². The lowest BCUT2D eigenvalue weighted by molar-refractivity contribution is -0.135. The molecule has 29 heavy (non-hydrogen) atoms. The second-order valence-corrected chi connectivity index (χ2v) is 6.93. The smallest absolute Gasteiger partial charge is 0.250 e. The van der Waals surface area contributed by atoms with Crippen molar-refractivity contribution >= 4 is 17.9 Å². The molecule has 1 aliphatic heterocycles. The van der Waals surface area contributed by atoms with E-state index in [2.05, 4.69) is 15.3 Å². The Balaban J connectivity index is 1.53. The lowest BCUT2D eigenvalue weighted by Gasteiger charge is -2.42. The maximum atomic E-state index is 14.2. The van der Waals surface area contributed by atoms with Gasteiger partial charge in [-0.3, -0.25) is 9.79 Å². The maximum absolute atomic E-state index is 14.2. The Morgan fingerprint density at radius 3 is 2.90 bits per heavy atom. The quantitative estimate of drug-likeness (QED) is 0.726. The first-order chi connectivity index (χ1) is 14.1. The maximum Gasteiger partial charge on any atom is 0.250 e. The summed E-state index contributed by atoms with van der Waals surface area (Å²) in [6, 6.07) is 5.45. The number of hydrogen-bond acceptors (Lipinski definition) is 6. The van der Waals surface area contributed by atoms with Crippen LogP contribution in [-0.4, -0.2) is 35.9 Å². The van der Waals surface area contributed by atoms with Crippen LogP contribution in [0.15, 0.2) is 47.2 Å². The highest BCUT2D eigenvalue weighted by atomic mass is 19.1. The number of pyridine rings is 1. The summed E-state index contributed by atoms with van der Waals surface area (Å²) in [4.78, 5) is 22.4. The van der Waals surface area contributed by atoms with Gasteiger partial charge in [0.1, 0.15) is 35.6 Å². The molecule has 1 aromatic rings. The number of amides is 1. The number of rotatable bonds is 8. The SMILES string of the molecule is CCN(/C=C/NC(=O)COC1(C2=C(F)CCC=N2)CCC1)c1ccc(C#N)cn1. The van der Waals surface area contributed by atoms with E-state index in [0.29, 0.717) is 49.3 Å². The van der Waals surface area contributed by atoms with Crippen LogP contribution >= 0.6 is 0 Å². The van der Waals surface area contributed by atoms with E-state index in [1.165, 1.54) is 12.4 Å². The normalized spacial score (nSPS) is 17.7. The summed E-state index contributed by atoms with van der Waals surface area (Å²) in [5, 5.41) is 11.5. The van der Waals surface area contributed by atoms with Crippen molar-refractivity contribution in [1.82, 2.24) is 10.3 Å². The zero-order chi connectivity index (χ0) is 20.7. The van der Waals surface area contributed by atoms with Crippen LogP contribution in [0.5, 0.6) is 0 Å². The molecule has 1 saturated carbocycles. The third-order valence-corrected chi connectivity index (χ3v) is 5.05. The molecule has 8 heteroatoms. The molecule has 152 valence electrons. The van der Waals surface area contributed by atoms with Crippen molar-refractivity contribution in [2.75, 3.05) is 18.1 Å². The molecule has 3 rings (SSSR count). The lowest BCUT2D eigenvalue weighted by Crippen LogP contribution is -2.44. The van der Waals surface area contributed by atoms with Crippen molar-refractivity contribution < 1.29 is 13.9 Å². The van der Waals surface area contributed by atoms with Crippen LogP contribution in [-0.2, 0) is 9.53 Å². The van der Waals surface area contributed by atoms with Crippen molar-refractivity contribution in [3.05, 3.63) is 47.8 Å². The van der Waals surface area contributed by atoms with Crippen molar-refractivity contribution in [1.29, 1.82) is 5.26 Å². The number of carbonyl (C=O) groups is 1. The number of aromatic nitrogens is 1. The van der Waals surface area contributed by atoms with E-state index in [1.54, 1.807) is 24.5 Å². The molecule has 1 fully saturated rings. The lowest BCUT2D eigenvalue weighted by atomic mass is 9.76. The highest BCUT2D eigenvalue weighted by Crippen LogP contribution is 2.45. The molecule has 1 N–H and O–H groups in total. The van der Waals surface area contributed by atoms with E-state index in [1.807, 2.05) is 17.9 Å². The number of nitriles is 1. The molecule has 0 radical (unpaired) electrons. The molecule has 0 bridgehead atoms. The van der Waals surface area contributed by atoms with E-state index in [0.717, 1.165) is 6.42 Å². The van der Waals surface area contributed by atoms with Crippen LogP contribution in [0.2, 0.25) is 0 Å². The summed E-state index contributed by atoms with van der Waals surface area (Å²) < 4.78 is 20.0. The number of anilines is 1. The summed E-state index contributed by atoms with van der Waals surface area (Å²) in [5.74, 6) is 0.109. The highest BCUT2D eigenvalue weighted by molar-refractivity contribution is 5.78. The molecule has 0 spiro atoms. The van der Waals surface area contributed by atoms with Gasteiger partial charge >= 0.3 is 0 Å². The fourth-order valence-electron chi connectivity index (χ4n) is 3.28. The Morgan fingerprint density at radius 1 is 1.48 bits per heavy atom. The van der Waals surface area contributed by atoms with Crippen LogP contribution in [0.3, 0.4) is 0 Å². The van der Waals surface area contributed by atoms with Crippen LogP contribution in [0.25, 0.3) is 0 Å². The second kappa shape index (κ2) is 9.43. The van der Waals surface area contributed by atoms with Gasteiger partial charge in [0.05, 0.1) is 5.56 Å². The molecular weight excluding hydrogens is 373 g/mol. The minimum Gasteiger partial charge on any atom is -0.359 e. The molecule has 1 aromatic heterocycles. The van der Waals surface area contributed by atoms with Crippen molar-refractivity contribution in [3.8, 4) is 6.07 Å². The molecule has 7 nitrogen and oxygen atoms in total. The van der Waals surface area contributed by atoms with Gasteiger partial charge in [-0.15, -0.1) is 0 Å². The average molecular weight is 397 g/mol. The number of aliphatic imine (C=N–C) groups is 1. The van der Waals surface area contributed by atoms with Gasteiger partial charge in [-0.05, 0) is 44.7 Å². The molecule has 0 unspecified atom stereocenters. The Hall–Kier alpha value is -3.05. The third-order valence-electron chi connectivity index (χ3n) is 5.05. The standard InChI is InChI=1S/C21H24FN5O2/c1-2-27(18-7-6-16(13-23)14-26-18)12-11-24-19(28)15-29-21(8-4-9-21)20-17(22)5-3-10-25-20/h6-7,10-12,14H,2-5,8-9,15H2,1H3,(H,24,28)/b12-11+. The first-order valence-electron chi connectivity index (χ1n) is 9.72. The van der Waals surface area contributed by atoms with Crippen LogP contribution < -0.4 is 10.2 Å². The van der Waals surface area contributed by atoms with E-state index >= 15 is 0 Å². The minimum absolute atomic E-state index is 0.169. The van der Waals surface area contributed by atoms with E-state index in [9.17, 15) is 9.18 Å². The zero-order valence-corrected chi connectivity index (χ0v) is 16.4. The largest absolute Gasteiger partial charge is 0.359 e. The van der Waals surface area contributed by atoms with Gasteiger partial charge in [0.15, 0.2) is 0 Å². The Bertz CT molecular complexity index is 866. The fourth-order valence-corrected chi connectivity index (χ4v) is 3.28. The van der Waals surface area contributed by atoms with E-state index in [-0.39, 0.29) is 18.3 Å². The monoisotopic (exact) mass is 397 g/mol. The first kappa shape index (κ1) is 20.7. The highest BCUT2D eigenvalue weighted by Gasteiger charge is 2.44.